The molecule has 3 heteroatoms. The average molecular weight is 260 g/mol. The van der Waals surface area contributed by atoms with Gasteiger partial charge < -0.3 is 10.1 Å². The Kier molecular flexibility index (Phi) is 6.38. The second-order valence-corrected chi connectivity index (χ2v) is 5.40. The average Bonchev–Trinajstić information content (AvgIpc) is 2.42. The molecular weight excluding hydrogens is 236 g/mol. The van der Waals surface area contributed by atoms with Gasteiger partial charge in [0, 0.05) is 12.6 Å². The number of rotatable bonds is 7. The summed E-state index contributed by atoms with van der Waals surface area (Å²) in [4.78, 5) is 0. The van der Waals surface area contributed by atoms with E-state index in [4.69, 9.17) is 10.00 Å². The van der Waals surface area contributed by atoms with Crippen molar-refractivity contribution in [1.29, 1.82) is 5.26 Å². The third-order valence-corrected chi connectivity index (χ3v) is 3.22. The molecule has 1 unspecified atom stereocenters. The molecule has 0 saturated carbocycles. The lowest BCUT2D eigenvalue weighted by molar-refractivity contribution is 0.413. The molecule has 0 aromatic heterocycles. The van der Waals surface area contributed by atoms with Gasteiger partial charge in [-0.05, 0) is 43.4 Å². The fourth-order valence-corrected chi connectivity index (χ4v) is 1.93. The van der Waals surface area contributed by atoms with Crippen LogP contribution in [0.5, 0.6) is 5.75 Å². The van der Waals surface area contributed by atoms with Gasteiger partial charge in [0.1, 0.15) is 11.8 Å². The monoisotopic (exact) mass is 260 g/mol. The van der Waals surface area contributed by atoms with E-state index in [-0.39, 0.29) is 0 Å². The van der Waals surface area contributed by atoms with Crippen molar-refractivity contribution in [2.24, 2.45) is 5.92 Å². The first-order valence-corrected chi connectivity index (χ1v) is 6.87. The molecule has 1 atom stereocenters. The van der Waals surface area contributed by atoms with E-state index in [0.29, 0.717) is 17.4 Å². The topological polar surface area (TPSA) is 45.0 Å². The minimum Gasteiger partial charge on any atom is -0.495 e. The van der Waals surface area contributed by atoms with Gasteiger partial charge in [-0.3, -0.25) is 0 Å². The van der Waals surface area contributed by atoms with Crippen molar-refractivity contribution in [2.75, 3.05) is 7.11 Å². The maximum absolute atomic E-state index is 9.05. The molecule has 0 spiro atoms. The third kappa shape index (κ3) is 5.32. The largest absolute Gasteiger partial charge is 0.495 e. The third-order valence-electron chi connectivity index (χ3n) is 3.22. The molecule has 0 aliphatic rings. The predicted octanol–water partition coefficient (Wildman–Crippen LogP) is 3.48. The van der Waals surface area contributed by atoms with E-state index in [1.807, 2.05) is 18.2 Å². The molecule has 0 saturated heterocycles. The van der Waals surface area contributed by atoms with Crippen molar-refractivity contribution in [3.8, 4) is 11.8 Å². The number of hydrogen-bond donors (Lipinski definition) is 1. The van der Waals surface area contributed by atoms with E-state index >= 15 is 0 Å². The molecule has 0 aliphatic carbocycles. The number of benzene rings is 1. The van der Waals surface area contributed by atoms with E-state index in [0.717, 1.165) is 18.0 Å². The van der Waals surface area contributed by atoms with Gasteiger partial charge in [-0.2, -0.15) is 5.26 Å². The van der Waals surface area contributed by atoms with Gasteiger partial charge in [-0.15, -0.1) is 0 Å². The van der Waals surface area contributed by atoms with Gasteiger partial charge in [0.15, 0.2) is 0 Å². The van der Waals surface area contributed by atoms with Crippen LogP contribution in [0.4, 0.5) is 0 Å². The van der Waals surface area contributed by atoms with Crippen molar-refractivity contribution in [3.05, 3.63) is 29.3 Å². The van der Waals surface area contributed by atoms with Crippen LogP contribution < -0.4 is 10.1 Å². The fourth-order valence-electron chi connectivity index (χ4n) is 1.93. The summed E-state index contributed by atoms with van der Waals surface area (Å²) >= 11 is 0. The predicted molar refractivity (Wildman–Crippen MR) is 78.1 cm³/mol. The highest BCUT2D eigenvalue weighted by atomic mass is 16.5. The Balaban J connectivity index is 2.52. The second-order valence-electron chi connectivity index (χ2n) is 5.40. The first kappa shape index (κ1) is 15.5. The Hall–Kier alpha value is -1.53. The molecule has 1 aromatic rings. The highest BCUT2D eigenvalue weighted by Crippen LogP contribution is 2.18. The van der Waals surface area contributed by atoms with Crippen LogP contribution >= 0.6 is 0 Å². The Morgan fingerprint density at radius 3 is 2.58 bits per heavy atom. The summed E-state index contributed by atoms with van der Waals surface area (Å²) in [7, 11) is 1.59. The van der Waals surface area contributed by atoms with Crippen LogP contribution in [0.25, 0.3) is 0 Å². The number of nitrogens with one attached hydrogen (secondary N) is 1. The molecule has 1 rings (SSSR count). The quantitative estimate of drug-likeness (QED) is 0.816. The molecule has 1 aromatic carbocycles. The molecule has 0 amide bonds. The lowest BCUT2D eigenvalue weighted by Crippen LogP contribution is -2.25. The summed E-state index contributed by atoms with van der Waals surface area (Å²) < 4.78 is 5.14. The van der Waals surface area contributed by atoms with Crippen LogP contribution in [0.1, 0.15) is 44.7 Å². The van der Waals surface area contributed by atoms with Crippen LogP contribution in [-0.2, 0) is 6.54 Å². The number of ether oxygens (including phenoxy) is 1. The normalized spacial score (nSPS) is 12.2. The molecular formula is C16H24N2O. The van der Waals surface area contributed by atoms with Gasteiger partial charge >= 0.3 is 0 Å². The first-order chi connectivity index (χ1) is 9.06. The number of hydrogen-bond acceptors (Lipinski definition) is 3. The molecule has 0 heterocycles. The second kappa shape index (κ2) is 7.81. The maximum atomic E-state index is 9.05. The zero-order valence-corrected chi connectivity index (χ0v) is 12.4. The van der Waals surface area contributed by atoms with Crippen LogP contribution in [-0.4, -0.2) is 13.2 Å². The van der Waals surface area contributed by atoms with E-state index < -0.39 is 0 Å². The zero-order chi connectivity index (χ0) is 14.3. The Labute approximate surface area is 116 Å². The van der Waals surface area contributed by atoms with Crippen molar-refractivity contribution in [1.82, 2.24) is 5.32 Å². The lowest BCUT2D eigenvalue weighted by Gasteiger charge is -2.15. The molecule has 0 radical (unpaired) electrons. The molecule has 104 valence electrons. The Morgan fingerprint density at radius 1 is 1.26 bits per heavy atom. The first-order valence-electron chi connectivity index (χ1n) is 6.87. The van der Waals surface area contributed by atoms with Crippen molar-refractivity contribution in [3.63, 3.8) is 0 Å². The fraction of sp³-hybridized carbons (Fsp3) is 0.562. The SMILES string of the molecule is COc1ccc(CNC(C)CCC(C)C)cc1C#N. The Bertz CT molecular complexity index is 435. The summed E-state index contributed by atoms with van der Waals surface area (Å²) in [5.74, 6) is 1.38. The Morgan fingerprint density at radius 2 is 2.00 bits per heavy atom. The molecule has 3 nitrogen and oxygen atoms in total. The minimum atomic E-state index is 0.495. The maximum Gasteiger partial charge on any atom is 0.136 e. The van der Waals surface area contributed by atoms with Gasteiger partial charge in [-0.1, -0.05) is 19.9 Å². The number of nitriles is 1. The van der Waals surface area contributed by atoms with Gasteiger partial charge in [0.2, 0.25) is 0 Å². The summed E-state index contributed by atoms with van der Waals surface area (Å²) in [6.07, 6.45) is 2.42. The zero-order valence-electron chi connectivity index (χ0n) is 12.4. The van der Waals surface area contributed by atoms with Crippen LogP contribution in [0.3, 0.4) is 0 Å². The smallest absolute Gasteiger partial charge is 0.136 e. The standard InChI is InChI=1S/C16H24N2O/c1-12(2)5-6-13(3)18-11-14-7-8-16(19-4)15(9-14)10-17/h7-9,12-13,18H,5-6,11H2,1-4H3. The van der Waals surface area contributed by atoms with E-state index in [1.165, 1.54) is 12.8 Å². The van der Waals surface area contributed by atoms with E-state index in [9.17, 15) is 0 Å². The van der Waals surface area contributed by atoms with Crippen molar-refractivity contribution in [2.45, 2.75) is 46.2 Å². The van der Waals surface area contributed by atoms with Crippen LogP contribution in [0.2, 0.25) is 0 Å². The molecule has 0 aliphatic heterocycles. The van der Waals surface area contributed by atoms with E-state index in [2.05, 4.69) is 32.2 Å². The minimum absolute atomic E-state index is 0.495. The molecule has 0 bridgehead atoms. The highest BCUT2D eigenvalue weighted by Gasteiger charge is 2.06. The van der Waals surface area contributed by atoms with Crippen LogP contribution in [0, 0.1) is 17.2 Å². The van der Waals surface area contributed by atoms with Crippen LogP contribution in [0.15, 0.2) is 18.2 Å². The molecule has 0 fully saturated rings. The summed E-state index contributed by atoms with van der Waals surface area (Å²) in [5, 5.41) is 12.5. The van der Waals surface area contributed by atoms with Gasteiger partial charge in [-0.25, -0.2) is 0 Å². The molecule has 19 heavy (non-hydrogen) atoms. The molecule has 1 N–H and O–H groups in total. The van der Waals surface area contributed by atoms with E-state index in [1.54, 1.807) is 7.11 Å². The van der Waals surface area contributed by atoms with Crippen molar-refractivity contribution < 1.29 is 4.74 Å². The lowest BCUT2D eigenvalue weighted by atomic mass is 10.0. The summed E-state index contributed by atoms with van der Waals surface area (Å²) in [6.45, 7) is 7.49. The van der Waals surface area contributed by atoms with Crippen molar-refractivity contribution >= 4 is 0 Å². The highest BCUT2D eigenvalue weighted by molar-refractivity contribution is 5.45. The van der Waals surface area contributed by atoms with Gasteiger partial charge in [0.05, 0.1) is 12.7 Å². The number of nitrogens with zero attached hydrogens (tertiary/aromatic N) is 1. The summed E-state index contributed by atoms with van der Waals surface area (Å²) in [5.41, 5.74) is 1.71. The van der Waals surface area contributed by atoms with Gasteiger partial charge in [0.25, 0.3) is 0 Å². The summed E-state index contributed by atoms with van der Waals surface area (Å²) in [6, 6.07) is 8.40. The number of methoxy groups -OCH3 is 1.